The number of rotatable bonds is 6. The summed E-state index contributed by atoms with van der Waals surface area (Å²) in [5.74, 6) is 0.0218. The molecule has 3 rings (SSSR count). The average molecular weight is 278 g/mol. The standard InChI is InChI=1S/C12H18N6O2/c19-11(8-1-2-8)14-3-4-15-12(20)10-7-18(17-16-10)9-5-13-6-9/h7-9,13H,1-6H2,(H,14,19)(H,15,20). The van der Waals surface area contributed by atoms with E-state index in [9.17, 15) is 9.59 Å². The number of nitrogens with zero attached hydrogens (tertiary/aromatic N) is 3. The van der Waals surface area contributed by atoms with Crippen LogP contribution in [-0.2, 0) is 4.79 Å². The van der Waals surface area contributed by atoms with Gasteiger partial charge in [0, 0.05) is 32.1 Å². The molecule has 0 radical (unpaired) electrons. The van der Waals surface area contributed by atoms with Crippen LogP contribution in [0, 0.1) is 5.92 Å². The first-order valence-corrected chi connectivity index (χ1v) is 6.92. The van der Waals surface area contributed by atoms with Crippen molar-refractivity contribution in [2.24, 2.45) is 5.92 Å². The molecular formula is C12H18N6O2. The van der Waals surface area contributed by atoms with Crippen molar-refractivity contribution in [1.29, 1.82) is 0 Å². The van der Waals surface area contributed by atoms with Gasteiger partial charge in [0.15, 0.2) is 5.69 Å². The van der Waals surface area contributed by atoms with E-state index >= 15 is 0 Å². The predicted molar refractivity (Wildman–Crippen MR) is 70.0 cm³/mol. The van der Waals surface area contributed by atoms with E-state index in [0.717, 1.165) is 25.9 Å². The lowest BCUT2D eigenvalue weighted by Crippen LogP contribution is -2.43. The van der Waals surface area contributed by atoms with Crippen LogP contribution in [-0.4, -0.2) is 53.0 Å². The molecule has 1 aliphatic carbocycles. The fourth-order valence-corrected chi connectivity index (χ4v) is 1.96. The van der Waals surface area contributed by atoms with E-state index in [1.54, 1.807) is 10.9 Å². The smallest absolute Gasteiger partial charge is 0.273 e. The number of carbonyl (C=O) groups is 2. The third-order valence-electron chi connectivity index (χ3n) is 3.53. The minimum absolute atomic E-state index is 0.0858. The van der Waals surface area contributed by atoms with E-state index in [1.165, 1.54) is 0 Å². The van der Waals surface area contributed by atoms with E-state index in [1.807, 2.05) is 0 Å². The van der Waals surface area contributed by atoms with E-state index in [-0.39, 0.29) is 17.7 Å². The summed E-state index contributed by atoms with van der Waals surface area (Å²) >= 11 is 0. The van der Waals surface area contributed by atoms with Crippen molar-refractivity contribution >= 4 is 11.8 Å². The fourth-order valence-electron chi connectivity index (χ4n) is 1.96. The molecule has 0 atom stereocenters. The molecule has 1 saturated carbocycles. The molecule has 2 heterocycles. The maximum absolute atomic E-state index is 11.8. The third kappa shape index (κ3) is 2.96. The van der Waals surface area contributed by atoms with Crippen molar-refractivity contribution in [2.75, 3.05) is 26.2 Å². The highest BCUT2D eigenvalue weighted by molar-refractivity contribution is 5.91. The molecule has 2 fully saturated rings. The highest BCUT2D eigenvalue weighted by Crippen LogP contribution is 2.28. The summed E-state index contributed by atoms with van der Waals surface area (Å²) in [6.45, 7) is 2.56. The molecule has 0 aromatic carbocycles. The number of hydrogen-bond acceptors (Lipinski definition) is 5. The van der Waals surface area contributed by atoms with Crippen molar-refractivity contribution in [3.05, 3.63) is 11.9 Å². The third-order valence-corrected chi connectivity index (χ3v) is 3.53. The average Bonchev–Trinajstić information content (AvgIpc) is 3.12. The zero-order valence-corrected chi connectivity index (χ0v) is 11.1. The first kappa shape index (κ1) is 13.0. The Bertz CT molecular complexity index is 506. The molecular weight excluding hydrogens is 260 g/mol. The summed E-state index contributed by atoms with van der Waals surface area (Å²) in [6.07, 6.45) is 3.62. The molecule has 0 bridgehead atoms. The van der Waals surface area contributed by atoms with Gasteiger partial charge >= 0.3 is 0 Å². The van der Waals surface area contributed by atoms with Crippen LogP contribution in [0.2, 0.25) is 0 Å². The zero-order valence-electron chi connectivity index (χ0n) is 11.1. The maximum Gasteiger partial charge on any atom is 0.273 e. The van der Waals surface area contributed by atoms with Crippen LogP contribution in [0.3, 0.4) is 0 Å². The molecule has 8 nitrogen and oxygen atoms in total. The van der Waals surface area contributed by atoms with Crippen LogP contribution in [0.5, 0.6) is 0 Å². The number of carbonyl (C=O) groups excluding carboxylic acids is 2. The van der Waals surface area contributed by atoms with E-state index < -0.39 is 0 Å². The van der Waals surface area contributed by atoms with Crippen LogP contribution < -0.4 is 16.0 Å². The van der Waals surface area contributed by atoms with Gasteiger partial charge in [-0.2, -0.15) is 0 Å². The van der Waals surface area contributed by atoms with E-state index in [2.05, 4.69) is 26.3 Å². The summed E-state index contributed by atoms with van der Waals surface area (Å²) in [5, 5.41) is 16.4. The molecule has 3 N–H and O–H groups in total. The largest absolute Gasteiger partial charge is 0.354 e. The van der Waals surface area contributed by atoms with Crippen LogP contribution >= 0.6 is 0 Å². The SMILES string of the molecule is O=C(NCCNC(=O)C1CC1)c1cn(C2CNC2)nn1. The van der Waals surface area contributed by atoms with Gasteiger partial charge in [0.2, 0.25) is 5.91 Å². The molecule has 8 heteroatoms. The molecule has 1 aromatic heterocycles. The second-order valence-corrected chi connectivity index (χ2v) is 5.22. The van der Waals surface area contributed by atoms with Gasteiger partial charge in [-0.15, -0.1) is 5.10 Å². The Morgan fingerprint density at radius 1 is 1.30 bits per heavy atom. The van der Waals surface area contributed by atoms with Crippen LogP contribution in [0.25, 0.3) is 0 Å². The number of aromatic nitrogens is 3. The topological polar surface area (TPSA) is 101 Å². The maximum atomic E-state index is 11.8. The van der Waals surface area contributed by atoms with Gasteiger partial charge in [-0.3, -0.25) is 9.59 Å². The zero-order chi connectivity index (χ0) is 13.9. The Morgan fingerprint density at radius 3 is 2.70 bits per heavy atom. The Hall–Kier alpha value is -1.96. The minimum Gasteiger partial charge on any atom is -0.354 e. The molecule has 20 heavy (non-hydrogen) atoms. The van der Waals surface area contributed by atoms with Gasteiger partial charge < -0.3 is 16.0 Å². The molecule has 0 unspecified atom stereocenters. The Balaban J connectivity index is 1.39. The van der Waals surface area contributed by atoms with Crippen LogP contribution in [0.15, 0.2) is 6.20 Å². The first-order chi connectivity index (χ1) is 9.74. The lowest BCUT2D eigenvalue weighted by molar-refractivity contribution is -0.122. The molecule has 1 aliphatic heterocycles. The molecule has 108 valence electrons. The predicted octanol–water partition coefficient (Wildman–Crippen LogP) is -1.32. The van der Waals surface area contributed by atoms with Crippen molar-refractivity contribution in [3.8, 4) is 0 Å². The second-order valence-electron chi connectivity index (χ2n) is 5.22. The fraction of sp³-hybridized carbons (Fsp3) is 0.667. The van der Waals surface area contributed by atoms with Crippen LogP contribution in [0.4, 0.5) is 0 Å². The highest BCUT2D eigenvalue weighted by Gasteiger charge is 2.29. The molecule has 2 amide bonds. The highest BCUT2D eigenvalue weighted by atomic mass is 16.2. The van der Waals surface area contributed by atoms with Crippen LogP contribution in [0.1, 0.15) is 29.4 Å². The quantitative estimate of drug-likeness (QED) is 0.560. The molecule has 1 saturated heterocycles. The lowest BCUT2D eigenvalue weighted by Gasteiger charge is -2.26. The van der Waals surface area contributed by atoms with Crippen molar-refractivity contribution in [3.63, 3.8) is 0 Å². The van der Waals surface area contributed by atoms with Crippen molar-refractivity contribution < 1.29 is 9.59 Å². The molecule has 2 aliphatic rings. The van der Waals surface area contributed by atoms with Gasteiger partial charge in [0.1, 0.15) is 0 Å². The summed E-state index contributed by atoms with van der Waals surface area (Å²) in [4.78, 5) is 23.2. The first-order valence-electron chi connectivity index (χ1n) is 6.92. The van der Waals surface area contributed by atoms with Gasteiger partial charge in [-0.1, -0.05) is 5.21 Å². The normalized spacial score (nSPS) is 18.4. The van der Waals surface area contributed by atoms with E-state index in [4.69, 9.17) is 0 Å². The summed E-state index contributed by atoms with van der Waals surface area (Å²) in [7, 11) is 0. The second kappa shape index (κ2) is 5.58. The van der Waals surface area contributed by atoms with Gasteiger partial charge in [0.05, 0.1) is 12.2 Å². The molecule has 1 aromatic rings. The summed E-state index contributed by atoms with van der Waals surface area (Å²) < 4.78 is 1.71. The minimum atomic E-state index is -0.260. The van der Waals surface area contributed by atoms with E-state index in [0.29, 0.717) is 24.8 Å². The summed E-state index contributed by atoms with van der Waals surface area (Å²) in [5.41, 5.74) is 0.311. The number of amides is 2. The van der Waals surface area contributed by atoms with Gasteiger partial charge in [0.25, 0.3) is 5.91 Å². The molecule has 0 spiro atoms. The van der Waals surface area contributed by atoms with Crippen molar-refractivity contribution in [1.82, 2.24) is 30.9 Å². The lowest BCUT2D eigenvalue weighted by atomic mass is 10.2. The number of nitrogens with one attached hydrogen (secondary N) is 3. The summed E-state index contributed by atoms with van der Waals surface area (Å²) in [6, 6.07) is 0.293. The Morgan fingerprint density at radius 2 is 2.05 bits per heavy atom. The van der Waals surface area contributed by atoms with Crippen molar-refractivity contribution in [2.45, 2.75) is 18.9 Å². The Labute approximate surface area is 116 Å². The number of hydrogen-bond donors (Lipinski definition) is 3. The van der Waals surface area contributed by atoms with Gasteiger partial charge in [-0.05, 0) is 12.8 Å². The monoisotopic (exact) mass is 278 g/mol. The van der Waals surface area contributed by atoms with Gasteiger partial charge in [-0.25, -0.2) is 4.68 Å². The Kier molecular flexibility index (Phi) is 3.64.